The summed E-state index contributed by atoms with van der Waals surface area (Å²) >= 11 is 0. The van der Waals surface area contributed by atoms with Crippen LogP contribution in [0.2, 0.25) is 0 Å². The number of carbonyl (C=O) groups excluding carboxylic acids is 1. The molecule has 2 heterocycles. The fraction of sp³-hybridized carbons (Fsp3) is 0.273. The lowest BCUT2D eigenvalue weighted by atomic mass is 10.1. The molecule has 0 amide bonds. The maximum Gasteiger partial charge on any atom is 0.363 e. The van der Waals surface area contributed by atoms with Gasteiger partial charge >= 0.3 is 5.97 Å². The number of para-hydroxylation sites is 1. The molecule has 0 atom stereocenters. The van der Waals surface area contributed by atoms with E-state index in [2.05, 4.69) is 4.99 Å². The van der Waals surface area contributed by atoms with E-state index in [1.54, 1.807) is 13.2 Å². The van der Waals surface area contributed by atoms with Crippen molar-refractivity contribution in [3.8, 4) is 17.2 Å². The number of aryl methyl sites for hydroxylation is 1. The van der Waals surface area contributed by atoms with E-state index in [1.807, 2.05) is 42.5 Å². The summed E-state index contributed by atoms with van der Waals surface area (Å²) < 4.78 is 22.0. The third-order valence-corrected chi connectivity index (χ3v) is 4.54. The number of rotatable bonds is 5. The van der Waals surface area contributed by atoms with Gasteiger partial charge < -0.3 is 18.9 Å². The number of ether oxygens (including phenoxy) is 4. The van der Waals surface area contributed by atoms with Gasteiger partial charge in [0.2, 0.25) is 0 Å². The standard InChI is InChI=1S/C22H21NO5/c1-25-18-6-3-2-5-16(18)8-10-21-23-17(22(24)28-21)13-15-7-9-19-20(14-15)27-12-4-11-26-19/h2-3,5-7,9,13-14H,4,8,10-12H2,1H3/b17-13+. The minimum Gasteiger partial charge on any atom is -0.496 e. The van der Waals surface area contributed by atoms with Gasteiger partial charge in [-0.2, -0.15) is 0 Å². The number of carbonyl (C=O) groups is 1. The Morgan fingerprint density at radius 2 is 1.89 bits per heavy atom. The van der Waals surface area contributed by atoms with Crippen LogP contribution in [0, 0.1) is 0 Å². The van der Waals surface area contributed by atoms with Crippen LogP contribution in [0.5, 0.6) is 17.2 Å². The molecule has 2 aromatic rings. The van der Waals surface area contributed by atoms with Gasteiger partial charge in [0.05, 0.1) is 20.3 Å². The summed E-state index contributed by atoms with van der Waals surface area (Å²) in [5.41, 5.74) is 2.14. The molecule has 6 heteroatoms. The normalized spacial score (nSPS) is 17.1. The molecular formula is C22H21NO5. The van der Waals surface area contributed by atoms with Gasteiger partial charge in [-0.1, -0.05) is 24.3 Å². The van der Waals surface area contributed by atoms with Crippen LogP contribution in [0.25, 0.3) is 6.08 Å². The first kappa shape index (κ1) is 18.1. The Morgan fingerprint density at radius 3 is 2.75 bits per heavy atom. The fourth-order valence-corrected chi connectivity index (χ4v) is 3.14. The summed E-state index contributed by atoms with van der Waals surface area (Å²) in [6, 6.07) is 13.3. The highest BCUT2D eigenvalue weighted by molar-refractivity contribution is 6.07. The van der Waals surface area contributed by atoms with Crippen molar-refractivity contribution in [1.29, 1.82) is 0 Å². The number of esters is 1. The molecule has 0 aliphatic carbocycles. The second kappa shape index (κ2) is 8.17. The van der Waals surface area contributed by atoms with Gasteiger partial charge in [-0.3, -0.25) is 0 Å². The van der Waals surface area contributed by atoms with Crippen molar-refractivity contribution in [2.45, 2.75) is 19.3 Å². The smallest absolute Gasteiger partial charge is 0.363 e. The summed E-state index contributed by atoms with van der Waals surface area (Å²) in [6.45, 7) is 1.25. The van der Waals surface area contributed by atoms with Crippen LogP contribution in [-0.4, -0.2) is 32.2 Å². The number of aliphatic imine (C=N–C) groups is 1. The molecule has 0 saturated carbocycles. The molecule has 4 rings (SSSR count). The van der Waals surface area contributed by atoms with E-state index < -0.39 is 5.97 Å². The van der Waals surface area contributed by atoms with E-state index in [0.29, 0.717) is 37.7 Å². The monoisotopic (exact) mass is 379 g/mol. The molecule has 2 aromatic carbocycles. The summed E-state index contributed by atoms with van der Waals surface area (Å²) in [6.07, 6.45) is 3.74. The average molecular weight is 379 g/mol. The quantitative estimate of drug-likeness (QED) is 0.584. The van der Waals surface area contributed by atoms with Crippen LogP contribution in [0.15, 0.2) is 53.2 Å². The van der Waals surface area contributed by atoms with Crippen molar-refractivity contribution in [1.82, 2.24) is 0 Å². The second-order valence-electron chi connectivity index (χ2n) is 6.49. The van der Waals surface area contributed by atoms with E-state index in [1.165, 1.54) is 0 Å². The van der Waals surface area contributed by atoms with E-state index in [9.17, 15) is 4.79 Å². The van der Waals surface area contributed by atoms with Crippen molar-refractivity contribution in [3.05, 3.63) is 59.3 Å². The summed E-state index contributed by atoms with van der Waals surface area (Å²) in [7, 11) is 1.64. The first-order valence-electron chi connectivity index (χ1n) is 9.26. The lowest BCUT2D eigenvalue weighted by molar-refractivity contribution is -0.130. The van der Waals surface area contributed by atoms with Crippen molar-refractivity contribution in [2.75, 3.05) is 20.3 Å². The third-order valence-electron chi connectivity index (χ3n) is 4.54. The van der Waals surface area contributed by atoms with E-state index in [-0.39, 0.29) is 5.70 Å². The molecule has 0 spiro atoms. The van der Waals surface area contributed by atoms with Crippen molar-refractivity contribution >= 4 is 17.9 Å². The molecule has 28 heavy (non-hydrogen) atoms. The number of hydrogen-bond donors (Lipinski definition) is 0. The molecular weight excluding hydrogens is 358 g/mol. The number of benzene rings is 2. The highest BCUT2D eigenvalue weighted by Crippen LogP contribution is 2.31. The van der Waals surface area contributed by atoms with Gasteiger partial charge in [-0.05, 0) is 41.8 Å². The van der Waals surface area contributed by atoms with Gasteiger partial charge in [-0.15, -0.1) is 0 Å². The first-order valence-corrected chi connectivity index (χ1v) is 9.26. The Balaban J connectivity index is 1.48. The third kappa shape index (κ3) is 4.01. The summed E-state index contributed by atoms with van der Waals surface area (Å²) in [5.74, 6) is 2.18. The molecule has 2 aliphatic heterocycles. The van der Waals surface area contributed by atoms with Crippen LogP contribution in [0.3, 0.4) is 0 Å². The largest absolute Gasteiger partial charge is 0.496 e. The molecule has 0 unspecified atom stereocenters. The van der Waals surface area contributed by atoms with Gasteiger partial charge in [0.15, 0.2) is 23.1 Å². The van der Waals surface area contributed by atoms with Crippen LogP contribution in [-0.2, 0) is 16.0 Å². The van der Waals surface area contributed by atoms with Crippen molar-refractivity contribution in [3.63, 3.8) is 0 Å². The van der Waals surface area contributed by atoms with Crippen molar-refractivity contribution in [2.24, 2.45) is 4.99 Å². The first-order chi connectivity index (χ1) is 13.7. The van der Waals surface area contributed by atoms with Crippen LogP contribution < -0.4 is 14.2 Å². The van der Waals surface area contributed by atoms with E-state index >= 15 is 0 Å². The minimum atomic E-state index is -0.442. The predicted octanol–water partition coefficient (Wildman–Crippen LogP) is 3.79. The van der Waals surface area contributed by atoms with Gasteiger partial charge in [0.1, 0.15) is 5.75 Å². The SMILES string of the molecule is COc1ccccc1CCC1=N/C(=C/c2ccc3c(c2)OCCCO3)C(=O)O1. The zero-order valence-corrected chi connectivity index (χ0v) is 15.6. The predicted molar refractivity (Wildman–Crippen MR) is 105 cm³/mol. The van der Waals surface area contributed by atoms with E-state index in [4.69, 9.17) is 18.9 Å². The summed E-state index contributed by atoms with van der Waals surface area (Å²) in [5, 5.41) is 0. The number of fused-ring (bicyclic) bond motifs is 1. The average Bonchev–Trinajstić information content (AvgIpc) is 2.91. The molecule has 0 N–H and O–H groups in total. The minimum absolute atomic E-state index is 0.282. The molecule has 6 nitrogen and oxygen atoms in total. The van der Waals surface area contributed by atoms with Crippen LogP contribution in [0.1, 0.15) is 24.0 Å². The maximum absolute atomic E-state index is 12.2. The molecule has 0 radical (unpaired) electrons. The fourth-order valence-electron chi connectivity index (χ4n) is 3.14. The highest BCUT2D eigenvalue weighted by atomic mass is 16.6. The topological polar surface area (TPSA) is 66.3 Å². The lowest BCUT2D eigenvalue weighted by Crippen LogP contribution is -2.05. The Kier molecular flexibility index (Phi) is 5.28. The Bertz CT molecular complexity index is 948. The number of methoxy groups -OCH3 is 1. The summed E-state index contributed by atoms with van der Waals surface area (Å²) in [4.78, 5) is 16.5. The number of cyclic esters (lactones) is 1. The molecule has 144 valence electrons. The zero-order chi connectivity index (χ0) is 19.3. The van der Waals surface area contributed by atoms with Crippen LogP contribution >= 0.6 is 0 Å². The molecule has 0 fully saturated rings. The van der Waals surface area contributed by atoms with Crippen LogP contribution in [0.4, 0.5) is 0 Å². The van der Waals surface area contributed by atoms with Gasteiger partial charge in [0.25, 0.3) is 0 Å². The molecule has 2 aliphatic rings. The Hall–Kier alpha value is -3.28. The van der Waals surface area contributed by atoms with Crippen molar-refractivity contribution < 1.29 is 23.7 Å². The molecule has 0 saturated heterocycles. The van der Waals surface area contributed by atoms with Gasteiger partial charge in [0, 0.05) is 12.8 Å². The molecule has 0 aromatic heterocycles. The Morgan fingerprint density at radius 1 is 1.07 bits per heavy atom. The zero-order valence-electron chi connectivity index (χ0n) is 15.6. The van der Waals surface area contributed by atoms with Gasteiger partial charge in [-0.25, -0.2) is 9.79 Å². The second-order valence-corrected chi connectivity index (χ2v) is 6.49. The Labute approximate surface area is 163 Å². The number of hydrogen-bond acceptors (Lipinski definition) is 6. The van der Waals surface area contributed by atoms with E-state index in [0.717, 1.165) is 29.0 Å². The lowest BCUT2D eigenvalue weighted by Gasteiger charge is -2.07. The molecule has 0 bridgehead atoms. The highest BCUT2D eigenvalue weighted by Gasteiger charge is 2.23. The maximum atomic E-state index is 12.2. The number of nitrogens with zero attached hydrogens (tertiary/aromatic N) is 1.